The molecule has 0 spiro atoms. The van der Waals surface area contributed by atoms with E-state index in [4.69, 9.17) is 9.47 Å². The first-order valence-corrected chi connectivity index (χ1v) is 10.3. The molecule has 0 bridgehead atoms. The van der Waals surface area contributed by atoms with Gasteiger partial charge in [0.2, 0.25) is 0 Å². The van der Waals surface area contributed by atoms with Crippen LogP contribution in [0.15, 0.2) is 42.7 Å². The first-order valence-electron chi connectivity index (χ1n) is 10.3. The molecule has 1 amide bonds. The van der Waals surface area contributed by atoms with Gasteiger partial charge in [0.05, 0.1) is 12.8 Å². The summed E-state index contributed by atoms with van der Waals surface area (Å²) in [6.07, 6.45) is 3.83. The van der Waals surface area contributed by atoms with Gasteiger partial charge in [-0.2, -0.15) is 10.2 Å². The van der Waals surface area contributed by atoms with Crippen molar-refractivity contribution in [2.45, 2.75) is 20.2 Å². The van der Waals surface area contributed by atoms with E-state index in [-0.39, 0.29) is 12.6 Å². The average molecular weight is 425 g/mol. The Bertz CT molecular complexity index is 1020. The van der Waals surface area contributed by atoms with Crippen LogP contribution in [0.2, 0.25) is 0 Å². The molecule has 1 saturated heterocycles. The quantitative estimate of drug-likeness (QED) is 0.577. The second-order valence-electron chi connectivity index (χ2n) is 7.67. The van der Waals surface area contributed by atoms with Crippen molar-refractivity contribution in [3.63, 3.8) is 0 Å². The van der Waals surface area contributed by atoms with Gasteiger partial charge in [-0.15, -0.1) is 0 Å². The summed E-state index contributed by atoms with van der Waals surface area (Å²) in [6.45, 7) is 6.17. The Morgan fingerprint density at radius 2 is 1.74 bits per heavy atom. The summed E-state index contributed by atoms with van der Waals surface area (Å²) < 4.78 is 14.3. The predicted octanol–water partition coefficient (Wildman–Crippen LogP) is 1.93. The van der Waals surface area contributed by atoms with Crippen LogP contribution in [0.5, 0.6) is 11.5 Å². The Hall–Kier alpha value is -3.33. The molecule has 164 valence electrons. The van der Waals surface area contributed by atoms with Crippen LogP contribution >= 0.6 is 0 Å². The number of rotatable bonds is 7. The number of nitrogens with zero attached hydrogens (tertiary/aromatic N) is 6. The topological polar surface area (TPSA) is 77.7 Å². The highest BCUT2D eigenvalue weighted by atomic mass is 16.5. The molecule has 0 saturated carbocycles. The second-order valence-corrected chi connectivity index (χ2v) is 7.67. The van der Waals surface area contributed by atoms with Gasteiger partial charge in [0, 0.05) is 57.7 Å². The molecule has 2 aromatic heterocycles. The minimum atomic E-state index is -0.0413. The third-order valence-corrected chi connectivity index (χ3v) is 5.45. The van der Waals surface area contributed by atoms with E-state index in [1.165, 1.54) is 5.56 Å². The summed E-state index contributed by atoms with van der Waals surface area (Å²) in [6, 6.07) is 9.08. The molecule has 9 heteroatoms. The lowest BCUT2D eigenvalue weighted by Gasteiger charge is -2.34. The van der Waals surface area contributed by atoms with Gasteiger partial charge >= 0.3 is 0 Å². The van der Waals surface area contributed by atoms with Crippen molar-refractivity contribution >= 4 is 5.91 Å². The maximum atomic E-state index is 12.8. The molecule has 1 aliphatic heterocycles. The molecule has 1 aliphatic rings. The van der Waals surface area contributed by atoms with E-state index in [2.05, 4.69) is 21.3 Å². The Morgan fingerprint density at radius 1 is 1.03 bits per heavy atom. The van der Waals surface area contributed by atoms with Crippen molar-refractivity contribution < 1.29 is 14.3 Å². The zero-order valence-corrected chi connectivity index (χ0v) is 18.2. The highest BCUT2D eigenvalue weighted by molar-refractivity contribution is 5.92. The van der Waals surface area contributed by atoms with Crippen molar-refractivity contribution in [3.8, 4) is 11.5 Å². The Morgan fingerprint density at radius 3 is 2.39 bits per heavy atom. The van der Waals surface area contributed by atoms with Gasteiger partial charge in [0.1, 0.15) is 11.5 Å². The van der Waals surface area contributed by atoms with Gasteiger partial charge in [-0.3, -0.25) is 14.4 Å². The number of carbonyl (C=O) groups is 1. The van der Waals surface area contributed by atoms with Crippen molar-refractivity contribution in [1.82, 2.24) is 29.4 Å². The monoisotopic (exact) mass is 424 g/mol. The summed E-state index contributed by atoms with van der Waals surface area (Å²) in [5, 5.41) is 8.79. The molecule has 1 fully saturated rings. The van der Waals surface area contributed by atoms with Crippen LogP contribution in [0.3, 0.4) is 0 Å². The Labute approximate surface area is 181 Å². The highest BCUT2D eigenvalue weighted by Crippen LogP contribution is 2.17. The maximum absolute atomic E-state index is 12.8. The molecule has 0 aliphatic carbocycles. The van der Waals surface area contributed by atoms with Crippen molar-refractivity contribution in [2.24, 2.45) is 7.05 Å². The number of piperazine rings is 1. The number of carbonyl (C=O) groups excluding carboxylic acids is 1. The normalized spacial score (nSPS) is 14.6. The zero-order chi connectivity index (χ0) is 21.8. The molecule has 3 aromatic rings. The van der Waals surface area contributed by atoms with E-state index in [9.17, 15) is 4.79 Å². The van der Waals surface area contributed by atoms with E-state index >= 15 is 0 Å². The predicted molar refractivity (Wildman–Crippen MR) is 115 cm³/mol. The minimum Gasteiger partial charge on any atom is -0.497 e. The number of hydrogen-bond donors (Lipinski definition) is 0. The first kappa shape index (κ1) is 20.9. The number of hydrogen-bond acceptors (Lipinski definition) is 6. The van der Waals surface area contributed by atoms with Crippen LogP contribution < -0.4 is 9.47 Å². The number of aryl methyl sites for hydroxylation is 2. The minimum absolute atomic E-state index is 0.0413. The SMILES string of the molecule is COc1ccc(OCn2ccc(C(=O)N3CCN(Cc4cn(C)nc4C)CC3)n2)cc1. The fraction of sp³-hybridized carbons (Fsp3) is 0.409. The summed E-state index contributed by atoms with van der Waals surface area (Å²) in [5.41, 5.74) is 2.73. The molecule has 0 radical (unpaired) electrons. The molecule has 0 atom stereocenters. The molecule has 1 aromatic carbocycles. The standard InChI is InChI=1S/C22H28N6O3/c1-17-18(14-25(2)23-17)15-26-10-12-27(13-11-26)22(29)21-8-9-28(24-21)16-31-20-6-4-19(30-3)5-7-20/h4-9,14H,10-13,15-16H2,1-3H3. The molecular weight excluding hydrogens is 396 g/mol. The van der Waals surface area contributed by atoms with Gasteiger partial charge in [-0.1, -0.05) is 0 Å². The summed E-state index contributed by atoms with van der Waals surface area (Å²) in [4.78, 5) is 17.1. The third-order valence-electron chi connectivity index (χ3n) is 5.45. The van der Waals surface area contributed by atoms with Crippen molar-refractivity contribution in [1.29, 1.82) is 0 Å². The van der Waals surface area contributed by atoms with Crippen molar-refractivity contribution in [2.75, 3.05) is 33.3 Å². The lowest BCUT2D eigenvalue weighted by molar-refractivity contribution is 0.0620. The van der Waals surface area contributed by atoms with E-state index < -0.39 is 0 Å². The summed E-state index contributed by atoms with van der Waals surface area (Å²) in [5.74, 6) is 1.44. The van der Waals surface area contributed by atoms with E-state index in [1.807, 2.05) is 47.8 Å². The van der Waals surface area contributed by atoms with Gasteiger partial charge < -0.3 is 14.4 Å². The van der Waals surface area contributed by atoms with Gasteiger partial charge in [0.25, 0.3) is 5.91 Å². The van der Waals surface area contributed by atoms with Crippen LogP contribution in [-0.2, 0) is 20.3 Å². The second kappa shape index (κ2) is 9.22. The summed E-state index contributed by atoms with van der Waals surface area (Å²) in [7, 11) is 3.56. The summed E-state index contributed by atoms with van der Waals surface area (Å²) >= 11 is 0. The molecular formula is C22H28N6O3. The largest absolute Gasteiger partial charge is 0.497 e. The third kappa shape index (κ3) is 5.05. The smallest absolute Gasteiger partial charge is 0.274 e. The highest BCUT2D eigenvalue weighted by Gasteiger charge is 2.24. The van der Waals surface area contributed by atoms with Crippen molar-refractivity contribution in [3.05, 3.63) is 59.7 Å². The van der Waals surface area contributed by atoms with E-state index in [1.54, 1.807) is 24.1 Å². The van der Waals surface area contributed by atoms with E-state index in [0.717, 1.165) is 31.1 Å². The van der Waals surface area contributed by atoms with Crippen LogP contribution in [-0.4, -0.2) is 68.6 Å². The first-order chi connectivity index (χ1) is 15.0. The number of methoxy groups -OCH3 is 1. The van der Waals surface area contributed by atoms with Crippen LogP contribution in [0, 0.1) is 6.92 Å². The maximum Gasteiger partial charge on any atom is 0.274 e. The average Bonchev–Trinajstić information content (AvgIpc) is 3.38. The van der Waals surface area contributed by atoms with Gasteiger partial charge in [0.15, 0.2) is 12.4 Å². The van der Waals surface area contributed by atoms with E-state index in [0.29, 0.717) is 24.5 Å². The fourth-order valence-corrected chi connectivity index (χ4v) is 3.68. The lowest BCUT2D eigenvalue weighted by atomic mass is 10.2. The molecule has 3 heterocycles. The van der Waals surface area contributed by atoms with Gasteiger partial charge in [-0.25, -0.2) is 4.68 Å². The lowest BCUT2D eigenvalue weighted by Crippen LogP contribution is -2.48. The Balaban J connectivity index is 1.27. The number of amides is 1. The Kier molecular flexibility index (Phi) is 6.22. The molecule has 9 nitrogen and oxygen atoms in total. The van der Waals surface area contributed by atoms with Crippen LogP contribution in [0.4, 0.5) is 0 Å². The molecule has 31 heavy (non-hydrogen) atoms. The fourth-order valence-electron chi connectivity index (χ4n) is 3.68. The van der Waals surface area contributed by atoms with Gasteiger partial charge in [-0.05, 0) is 37.3 Å². The molecule has 0 N–H and O–H groups in total. The molecule has 0 unspecified atom stereocenters. The number of benzene rings is 1. The van der Waals surface area contributed by atoms with Crippen LogP contribution in [0.25, 0.3) is 0 Å². The number of aromatic nitrogens is 4. The van der Waals surface area contributed by atoms with Crippen LogP contribution in [0.1, 0.15) is 21.7 Å². The number of ether oxygens (including phenoxy) is 2. The molecule has 4 rings (SSSR count). The zero-order valence-electron chi connectivity index (χ0n) is 18.2.